The molecule has 0 bridgehead atoms. The van der Waals surface area contributed by atoms with Crippen LogP contribution in [0.5, 0.6) is 11.5 Å². The standard InChI is InChI=1S/C20H20O6/c1-2-7-18(22)26-13-15(21)12-25-17-11-6-10-16(20(17)24)19(23)14-8-4-3-5-9-14/h2-11,15,21,24H,12-13H2,1H3. The molecule has 6 heteroatoms. The van der Waals surface area contributed by atoms with Crippen molar-refractivity contribution < 1.29 is 29.3 Å². The Morgan fingerprint density at radius 1 is 1.08 bits per heavy atom. The number of ether oxygens (including phenoxy) is 2. The van der Waals surface area contributed by atoms with Crippen molar-refractivity contribution in [3.05, 3.63) is 71.8 Å². The summed E-state index contributed by atoms with van der Waals surface area (Å²) in [6, 6.07) is 13.1. The zero-order chi connectivity index (χ0) is 18.9. The number of aromatic hydroxyl groups is 1. The Morgan fingerprint density at radius 2 is 1.81 bits per heavy atom. The minimum absolute atomic E-state index is 0.0608. The summed E-state index contributed by atoms with van der Waals surface area (Å²) in [6.07, 6.45) is 1.69. The summed E-state index contributed by atoms with van der Waals surface area (Å²) in [4.78, 5) is 23.7. The van der Waals surface area contributed by atoms with Crippen LogP contribution in [0.4, 0.5) is 0 Å². The number of carbonyl (C=O) groups is 2. The Balaban J connectivity index is 2.01. The molecule has 0 aliphatic carbocycles. The number of phenols is 1. The van der Waals surface area contributed by atoms with Gasteiger partial charge in [-0.1, -0.05) is 42.5 Å². The van der Waals surface area contributed by atoms with Gasteiger partial charge in [0.15, 0.2) is 17.3 Å². The van der Waals surface area contributed by atoms with Crippen molar-refractivity contribution in [1.82, 2.24) is 0 Å². The molecule has 0 amide bonds. The van der Waals surface area contributed by atoms with E-state index in [-0.39, 0.29) is 36.1 Å². The fourth-order valence-corrected chi connectivity index (χ4v) is 2.16. The van der Waals surface area contributed by atoms with E-state index in [9.17, 15) is 19.8 Å². The number of hydrogen-bond acceptors (Lipinski definition) is 6. The van der Waals surface area contributed by atoms with Crippen LogP contribution in [0.1, 0.15) is 22.8 Å². The quantitative estimate of drug-likeness (QED) is 0.429. The smallest absolute Gasteiger partial charge is 0.330 e. The van der Waals surface area contributed by atoms with Gasteiger partial charge < -0.3 is 19.7 Å². The molecular formula is C20H20O6. The first-order valence-corrected chi connectivity index (χ1v) is 8.05. The van der Waals surface area contributed by atoms with Crippen LogP contribution in [0, 0.1) is 0 Å². The van der Waals surface area contributed by atoms with Crippen LogP contribution in [0.15, 0.2) is 60.7 Å². The summed E-state index contributed by atoms with van der Waals surface area (Å²) in [6.45, 7) is 1.22. The van der Waals surface area contributed by atoms with Crippen LogP contribution in [0.25, 0.3) is 0 Å². The first-order chi connectivity index (χ1) is 12.5. The third-order valence-corrected chi connectivity index (χ3v) is 3.43. The molecule has 26 heavy (non-hydrogen) atoms. The summed E-state index contributed by atoms with van der Waals surface area (Å²) >= 11 is 0. The lowest BCUT2D eigenvalue weighted by Gasteiger charge is -2.14. The summed E-state index contributed by atoms with van der Waals surface area (Å²) < 4.78 is 10.2. The van der Waals surface area contributed by atoms with Crippen LogP contribution < -0.4 is 4.74 Å². The second-order valence-electron chi connectivity index (χ2n) is 5.44. The minimum atomic E-state index is -1.07. The minimum Gasteiger partial charge on any atom is -0.504 e. The first-order valence-electron chi connectivity index (χ1n) is 8.05. The van der Waals surface area contributed by atoms with E-state index < -0.39 is 12.1 Å². The Labute approximate surface area is 151 Å². The largest absolute Gasteiger partial charge is 0.504 e. The number of carbonyl (C=O) groups excluding carboxylic acids is 2. The lowest BCUT2D eigenvalue weighted by molar-refractivity contribution is -0.141. The third-order valence-electron chi connectivity index (χ3n) is 3.43. The molecule has 0 radical (unpaired) electrons. The second kappa shape index (κ2) is 9.39. The van der Waals surface area contributed by atoms with Crippen molar-refractivity contribution in [2.24, 2.45) is 0 Å². The Morgan fingerprint density at radius 3 is 2.50 bits per heavy atom. The Hall–Kier alpha value is -3.12. The number of rotatable bonds is 8. The molecule has 2 aromatic carbocycles. The molecule has 0 saturated heterocycles. The van der Waals surface area contributed by atoms with Gasteiger partial charge in [-0.3, -0.25) is 4.79 Å². The fourth-order valence-electron chi connectivity index (χ4n) is 2.16. The van der Waals surface area contributed by atoms with Crippen LogP contribution in [-0.2, 0) is 9.53 Å². The van der Waals surface area contributed by atoms with Gasteiger partial charge in [0.2, 0.25) is 0 Å². The van der Waals surface area contributed by atoms with Crippen molar-refractivity contribution in [3.63, 3.8) is 0 Å². The average molecular weight is 356 g/mol. The number of aliphatic hydroxyl groups is 1. The number of para-hydroxylation sites is 1. The molecule has 1 atom stereocenters. The van der Waals surface area contributed by atoms with Crippen molar-refractivity contribution in [1.29, 1.82) is 0 Å². The number of ketones is 1. The average Bonchev–Trinajstić information content (AvgIpc) is 2.66. The van der Waals surface area contributed by atoms with Gasteiger partial charge >= 0.3 is 5.97 Å². The van der Waals surface area contributed by atoms with Gasteiger partial charge in [-0.05, 0) is 19.1 Å². The second-order valence-corrected chi connectivity index (χ2v) is 5.44. The van der Waals surface area contributed by atoms with E-state index in [4.69, 9.17) is 9.47 Å². The number of allylic oxidation sites excluding steroid dienone is 1. The molecule has 0 spiro atoms. The predicted molar refractivity (Wildman–Crippen MR) is 95.3 cm³/mol. The molecule has 0 aliphatic rings. The van der Waals surface area contributed by atoms with Crippen molar-refractivity contribution >= 4 is 11.8 Å². The predicted octanol–water partition coefficient (Wildman–Crippen LogP) is 2.48. The first kappa shape index (κ1) is 19.2. The highest BCUT2D eigenvalue weighted by Gasteiger charge is 2.17. The molecule has 1 unspecified atom stereocenters. The van der Waals surface area contributed by atoms with E-state index in [2.05, 4.69) is 0 Å². The van der Waals surface area contributed by atoms with E-state index in [0.717, 1.165) is 0 Å². The molecule has 0 aliphatic heterocycles. The van der Waals surface area contributed by atoms with Crippen LogP contribution >= 0.6 is 0 Å². The number of phenolic OH excluding ortho intramolecular Hbond substituents is 1. The zero-order valence-electron chi connectivity index (χ0n) is 14.3. The lowest BCUT2D eigenvalue weighted by Crippen LogP contribution is -2.24. The summed E-state index contributed by atoms with van der Waals surface area (Å²) in [5, 5.41) is 20.1. The maximum atomic E-state index is 12.5. The Bertz CT molecular complexity index is 782. The van der Waals surface area contributed by atoms with Gasteiger partial charge in [0.1, 0.15) is 19.3 Å². The van der Waals surface area contributed by atoms with E-state index in [1.54, 1.807) is 43.3 Å². The molecule has 0 saturated carbocycles. The van der Waals surface area contributed by atoms with Crippen molar-refractivity contribution in [2.45, 2.75) is 13.0 Å². The van der Waals surface area contributed by atoms with Gasteiger partial charge in [0.05, 0.1) is 5.56 Å². The van der Waals surface area contributed by atoms with Crippen LogP contribution in [-0.4, -0.2) is 41.3 Å². The molecule has 0 aromatic heterocycles. The zero-order valence-corrected chi connectivity index (χ0v) is 14.3. The van der Waals surface area contributed by atoms with Crippen molar-refractivity contribution in [2.75, 3.05) is 13.2 Å². The molecule has 2 N–H and O–H groups in total. The van der Waals surface area contributed by atoms with Gasteiger partial charge in [-0.15, -0.1) is 0 Å². The Kier molecular flexibility index (Phi) is 6.93. The van der Waals surface area contributed by atoms with Gasteiger partial charge in [0, 0.05) is 11.6 Å². The number of benzene rings is 2. The summed E-state index contributed by atoms with van der Waals surface area (Å²) in [5.41, 5.74) is 0.540. The van der Waals surface area contributed by atoms with Crippen LogP contribution in [0.2, 0.25) is 0 Å². The number of esters is 1. The summed E-state index contributed by atoms with van der Waals surface area (Å²) in [5.74, 6) is -1.15. The highest BCUT2D eigenvalue weighted by molar-refractivity contribution is 6.11. The van der Waals surface area contributed by atoms with Crippen LogP contribution in [0.3, 0.4) is 0 Å². The van der Waals surface area contributed by atoms with E-state index in [1.165, 1.54) is 24.3 Å². The highest BCUT2D eigenvalue weighted by Crippen LogP contribution is 2.31. The van der Waals surface area contributed by atoms with Gasteiger partial charge in [-0.25, -0.2) is 4.79 Å². The molecular weight excluding hydrogens is 336 g/mol. The van der Waals surface area contributed by atoms with Gasteiger partial charge in [-0.2, -0.15) is 0 Å². The van der Waals surface area contributed by atoms with E-state index >= 15 is 0 Å². The maximum absolute atomic E-state index is 12.5. The molecule has 6 nitrogen and oxygen atoms in total. The molecule has 0 heterocycles. The maximum Gasteiger partial charge on any atom is 0.330 e. The lowest BCUT2D eigenvalue weighted by atomic mass is 10.0. The number of hydrogen-bond donors (Lipinski definition) is 2. The SMILES string of the molecule is CC=CC(=O)OCC(O)COc1cccc(C(=O)c2ccccc2)c1O. The summed E-state index contributed by atoms with van der Waals surface area (Å²) in [7, 11) is 0. The molecule has 2 rings (SSSR count). The monoisotopic (exact) mass is 356 g/mol. The highest BCUT2D eigenvalue weighted by atomic mass is 16.5. The fraction of sp³-hybridized carbons (Fsp3) is 0.200. The molecule has 136 valence electrons. The van der Waals surface area contributed by atoms with Crippen molar-refractivity contribution in [3.8, 4) is 11.5 Å². The normalized spacial score (nSPS) is 11.9. The van der Waals surface area contributed by atoms with Gasteiger partial charge in [0.25, 0.3) is 0 Å². The van der Waals surface area contributed by atoms with E-state index in [0.29, 0.717) is 5.56 Å². The third kappa shape index (κ3) is 5.19. The topological polar surface area (TPSA) is 93.1 Å². The molecule has 0 fully saturated rings. The molecule has 2 aromatic rings. The number of aliphatic hydroxyl groups excluding tert-OH is 1. The van der Waals surface area contributed by atoms with E-state index in [1.807, 2.05) is 0 Å².